The van der Waals surface area contributed by atoms with Gasteiger partial charge in [0.25, 0.3) is 0 Å². The SMILES string of the molecule is CN1CCN(CCCNC(=O)CCC2CCNCC2)CC1. The standard InChI is InChI=1S/C16H32N4O/c1-19-11-13-20(14-12-19)10-2-7-18-16(21)4-3-15-5-8-17-9-6-15/h15,17H,2-14H2,1H3,(H,18,21). The van der Waals surface area contributed by atoms with Crippen molar-refractivity contribution >= 4 is 5.91 Å². The maximum Gasteiger partial charge on any atom is 0.220 e. The van der Waals surface area contributed by atoms with Gasteiger partial charge in [0, 0.05) is 39.1 Å². The zero-order chi connectivity index (χ0) is 14.9. The molecule has 0 aromatic carbocycles. The number of amides is 1. The fourth-order valence-corrected chi connectivity index (χ4v) is 3.20. The first-order valence-electron chi connectivity index (χ1n) is 8.62. The van der Waals surface area contributed by atoms with Crippen LogP contribution in [0.4, 0.5) is 0 Å². The van der Waals surface area contributed by atoms with Gasteiger partial charge in [-0.3, -0.25) is 4.79 Å². The molecule has 2 saturated heterocycles. The number of piperidine rings is 1. The summed E-state index contributed by atoms with van der Waals surface area (Å²) < 4.78 is 0. The Morgan fingerprint density at radius 1 is 1.19 bits per heavy atom. The van der Waals surface area contributed by atoms with Crippen LogP contribution in [-0.4, -0.2) is 75.1 Å². The van der Waals surface area contributed by atoms with Crippen molar-refractivity contribution in [3.05, 3.63) is 0 Å². The number of hydrogen-bond donors (Lipinski definition) is 2. The largest absolute Gasteiger partial charge is 0.356 e. The minimum atomic E-state index is 0.243. The molecule has 5 nitrogen and oxygen atoms in total. The average molecular weight is 296 g/mol. The molecule has 2 aliphatic rings. The highest BCUT2D eigenvalue weighted by molar-refractivity contribution is 5.75. The fraction of sp³-hybridized carbons (Fsp3) is 0.938. The molecule has 0 atom stereocenters. The lowest BCUT2D eigenvalue weighted by Crippen LogP contribution is -2.45. The van der Waals surface area contributed by atoms with E-state index in [9.17, 15) is 4.79 Å². The van der Waals surface area contributed by atoms with Crippen molar-refractivity contribution in [2.45, 2.75) is 32.1 Å². The highest BCUT2D eigenvalue weighted by Crippen LogP contribution is 2.17. The molecule has 5 heteroatoms. The molecule has 1 amide bonds. The van der Waals surface area contributed by atoms with Gasteiger partial charge in [-0.2, -0.15) is 0 Å². The summed E-state index contributed by atoms with van der Waals surface area (Å²) >= 11 is 0. The van der Waals surface area contributed by atoms with Crippen LogP contribution >= 0.6 is 0 Å². The number of likely N-dealkylation sites (N-methyl/N-ethyl adjacent to an activating group) is 1. The van der Waals surface area contributed by atoms with E-state index in [-0.39, 0.29) is 5.91 Å². The maximum atomic E-state index is 11.8. The van der Waals surface area contributed by atoms with Crippen molar-refractivity contribution in [1.82, 2.24) is 20.4 Å². The minimum Gasteiger partial charge on any atom is -0.356 e. The van der Waals surface area contributed by atoms with E-state index in [0.29, 0.717) is 6.42 Å². The Morgan fingerprint density at radius 3 is 2.62 bits per heavy atom. The van der Waals surface area contributed by atoms with E-state index in [1.54, 1.807) is 0 Å². The highest BCUT2D eigenvalue weighted by Gasteiger charge is 2.15. The summed E-state index contributed by atoms with van der Waals surface area (Å²) in [5.74, 6) is 0.995. The Hall–Kier alpha value is -0.650. The fourth-order valence-electron chi connectivity index (χ4n) is 3.20. The second kappa shape index (κ2) is 9.38. The third-order valence-corrected chi connectivity index (χ3v) is 4.81. The summed E-state index contributed by atoms with van der Waals surface area (Å²) in [5, 5.41) is 6.45. The summed E-state index contributed by atoms with van der Waals surface area (Å²) in [4.78, 5) is 16.7. The van der Waals surface area contributed by atoms with Crippen LogP contribution in [0.5, 0.6) is 0 Å². The number of carbonyl (C=O) groups excluding carboxylic acids is 1. The van der Waals surface area contributed by atoms with E-state index < -0.39 is 0 Å². The van der Waals surface area contributed by atoms with Gasteiger partial charge < -0.3 is 20.4 Å². The first-order chi connectivity index (χ1) is 10.2. The molecule has 0 radical (unpaired) electrons. The molecular weight excluding hydrogens is 264 g/mol. The van der Waals surface area contributed by atoms with Crippen molar-refractivity contribution in [3.8, 4) is 0 Å². The van der Waals surface area contributed by atoms with Gasteiger partial charge in [-0.25, -0.2) is 0 Å². The van der Waals surface area contributed by atoms with Crippen LogP contribution < -0.4 is 10.6 Å². The normalized spacial score (nSPS) is 22.3. The van der Waals surface area contributed by atoms with Crippen molar-refractivity contribution in [1.29, 1.82) is 0 Å². The maximum absolute atomic E-state index is 11.8. The Balaban J connectivity index is 1.45. The molecule has 0 saturated carbocycles. The molecule has 2 heterocycles. The van der Waals surface area contributed by atoms with E-state index in [1.165, 1.54) is 39.0 Å². The molecular formula is C16H32N4O. The van der Waals surface area contributed by atoms with Crippen molar-refractivity contribution in [3.63, 3.8) is 0 Å². The van der Waals surface area contributed by atoms with Crippen molar-refractivity contribution in [2.75, 3.05) is 59.4 Å². The van der Waals surface area contributed by atoms with Crippen molar-refractivity contribution in [2.24, 2.45) is 5.92 Å². The molecule has 2 N–H and O–H groups in total. The quantitative estimate of drug-likeness (QED) is 0.673. The number of carbonyl (C=O) groups is 1. The molecule has 2 rings (SSSR count). The molecule has 0 aromatic rings. The molecule has 2 fully saturated rings. The Morgan fingerprint density at radius 2 is 1.90 bits per heavy atom. The zero-order valence-corrected chi connectivity index (χ0v) is 13.6. The molecule has 0 aliphatic carbocycles. The van der Waals surface area contributed by atoms with Gasteiger partial charge in [-0.05, 0) is 58.3 Å². The predicted molar refractivity (Wildman–Crippen MR) is 86.4 cm³/mol. The molecule has 0 aromatic heterocycles. The van der Waals surface area contributed by atoms with Crippen LogP contribution in [0.25, 0.3) is 0 Å². The van der Waals surface area contributed by atoms with Gasteiger partial charge in [0.2, 0.25) is 5.91 Å². The molecule has 0 unspecified atom stereocenters. The number of piperazine rings is 1. The highest BCUT2D eigenvalue weighted by atomic mass is 16.1. The predicted octanol–water partition coefficient (Wildman–Crippen LogP) is 0.520. The van der Waals surface area contributed by atoms with E-state index in [1.807, 2.05) is 0 Å². The molecule has 2 aliphatic heterocycles. The Kier molecular flexibility index (Phi) is 7.47. The Labute approximate surface area is 129 Å². The lowest BCUT2D eigenvalue weighted by atomic mass is 9.93. The van der Waals surface area contributed by atoms with Gasteiger partial charge in [0.1, 0.15) is 0 Å². The third kappa shape index (κ3) is 6.76. The molecule has 21 heavy (non-hydrogen) atoms. The zero-order valence-electron chi connectivity index (χ0n) is 13.6. The van der Waals surface area contributed by atoms with Crippen LogP contribution in [0.2, 0.25) is 0 Å². The number of rotatable bonds is 7. The van der Waals surface area contributed by atoms with Gasteiger partial charge in [-0.15, -0.1) is 0 Å². The first-order valence-corrected chi connectivity index (χ1v) is 8.62. The first kappa shape index (κ1) is 16.7. The number of nitrogens with zero attached hydrogens (tertiary/aromatic N) is 2. The van der Waals surface area contributed by atoms with Crippen molar-refractivity contribution < 1.29 is 4.79 Å². The van der Waals surface area contributed by atoms with E-state index in [4.69, 9.17) is 0 Å². The summed E-state index contributed by atoms with van der Waals surface area (Å²) in [7, 11) is 2.18. The monoisotopic (exact) mass is 296 g/mol. The molecule has 122 valence electrons. The average Bonchev–Trinajstić information content (AvgIpc) is 2.52. The van der Waals surface area contributed by atoms with Crippen LogP contribution in [0.15, 0.2) is 0 Å². The van der Waals surface area contributed by atoms with E-state index in [0.717, 1.165) is 44.9 Å². The van der Waals surface area contributed by atoms with Gasteiger partial charge in [0.05, 0.1) is 0 Å². The van der Waals surface area contributed by atoms with Crippen LogP contribution in [0.1, 0.15) is 32.1 Å². The summed E-state index contributed by atoms with van der Waals surface area (Å²) in [5.41, 5.74) is 0. The lowest BCUT2D eigenvalue weighted by molar-refractivity contribution is -0.121. The molecule has 0 spiro atoms. The van der Waals surface area contributed by atoms with Crippen LogP contribution in [-0.2, 0) is 4.79 Å². The van der Waals surface area contributed by atoms with Gasteiger partial charge in [-0.1, -0.05) is 0 Å². The molecule has 0 bridgehead atoms. The second-order valence-electron chi connectivity index (χ2n) is 6.58. The Bertz CT molecular complexity index is 297. The van der Waals surface area contributed by atoms with Crippen LogP contribution in [0, 0.1) is 5.92 Å². The summed E-state index contributed by atoms with van der Waals surface area (Å²) in [6, 6.07) is 0. The van der Waals surface area contributed by atoms with Gasteiger partial charge >= 0.3 is 0 Å². The smallest absolute Gasteiger partial charge is 0.220 e. The summed E-state index contributed by atoms with van der Waals surface area (Å²) in [6.07, 6.45) is 5.31. The van der Waals surface area contributed by atoms with Gasteiger partial charge in [0.15, 0.2) is 0 Å². The topological polar surface area (TPSA) is 47.6 Å². The number of nitrogens with one attached hydrogen (secondary N) is 2. The second-order valence-corrected chi connectivity index (χ2v) is 6.58. The van der Waals surface area contributed by atoms with Crippen LogP contribution in [0.3, 0.4) is 0 Å². The minimum absolute atomic E-state index is 0.243. The lowest BCUT2D eigenvalue weighted by Gasteiger charge is -2.32. The van der Waals surface area contributed by atoms with E-state index >= 15 is 0 Å². The number of hydrogen-bond acceptors (Lipinski definition) is 4. The third-order valence-electron chi connectivity index (χ3n) is 4.81. The summed E-state index contributed by atoms with van der Waals surface area (Å²) in [6.45, 7) is 8.86. The van der Waals surface area contributed by atoms with E-state index in [2.05, 4.69) is 27.5 Å².